The minimum atomic E-state index is -0.456. The minimum Gasteiger partial charge on any atom is -0.464 e. The number of carbonyl (C=O) groups is 1. The van der Waals surface area contributed by atoms with Gasteiger partial charge in [-0.2, -0.15) is 0 Å². The number of esters is 1. The first-order valence-electron chi connectivity index (χ1n) is 9.21. The van der Waals surface area contributed by atoms with Gasteiger partial charge in [-0.15, -0.1) is 0 Å². The van der Waals surface area contributed by atoms with Crippen LogP contribution in [0.2, 0.25) is 0 Å². The average molecular weight is 376 g/mol. The number of aryl methyl sites for hydroxylation is 2. The van der Waals surface area contributed by atoms with Gasteiger partial charge in [0, 0.05) is 28.0 Å². The average Bonchev–Trinajstić information content (AvgIpc) is 3.07. The van der Waals surface area contributed by atoms with Crippen LogP contribution >= 0.6 is 0 Å². The van der Waals surface area contributed by atoms with E-state index in [-0.39, 0.29) is 19.0 Å². The Hall–Kier alpha value is -3.34. The van der Waals surface area contributed by atoms with Crippen molar-refractivity contribution in [1.82, 2.24) is 0 Å². The van der Waals surface area contributed by atoms with E-state index in [1.54, 1.807) is 6.26 Å². The Morgan fingerprint density at radius 2 is 1.79 bits per heavy atom. The van der Waals surface area contributed by atoms with Crippen molar-refractivity contribution in [2.45, 2.75) is 33.3 Å². The SMILES string of the molecule is CCc1ccc2c(COC(=O)Cc3coc4cc(C)ccc34)cc(=O)oc2c1. The molecule has 4 aromatic rings. The molecule has 0 spiro atoms. The van der Waals surface area contributed by atoms with Gasteiger partial charge < -0.3 is 13.6 Å². The number of carbonyl (C=O) groups excluding carboxylic acids is 1. The van der Waals surface area contributed by atoms with Crippen LogP contribution in [0, 0.1) is 6.92 Å². The first kappa shape index (κ1) is 18.0. The second-order valence-corrected chi connectivity index (χ2v) is 6.87. The maximum Gasteiger partial charge on any atom is 0.336 e. The molecule has 0 radical (unpaired) electrons. The summed E-state index contributed by atoms with van der Waals surface area (Å²) >= 11 is 0. The lowest BCUT2D eigenvalue weighted by molar-refractivity contribution is -0.144. The first-order valence-corrected chi connectivity index (χ1v) is 9.21. The van der Waals surface area contributed by atoms with Gasteiger partial charge in [-0.25, -0.2) is 4.79 Å². The lowest BCUT2D eigenvalue weighted by Crippen LogP contribution is -2.09. The molecule has 28 heavy (non-hydrogen) atoms. The Bertz CT molecular complexity index is 1230. The molecule has 142 valence electrons. The van der Waals surface area contributed by atoms with Crippen LogP contribution in [0.5, 0.6) is 0 Å². The van der Waals surface area contributed by atoms with Crippen molar-refractivity contribution in [3.8, 4) is 0 Å². The number of hydrogen-bond acceptors (Lipinski definition) is 5. The smallest absolute Gasteiger partial charge is 0.336 e. The molecule has 0 atom stereocenters. The molecule has 4 rings (SSSR count). The summed E-state index contributed by atoms with van der Waals surface area (Å²) < 4.78 is 16.2. The van der Waals surface area contributed by atoms with Gasteiger partial charge in [0.15, 0.2) is 0 Å². The number of fused-ring (bicyclic) bond motifs is 2. The van der Waals surface area contributed by atoms with Gasteiger partial charge in [0.05, 0.1) is 12.7 Å². The normalized spacial score (nSPS) is 11.2. The van der Waals surface area contributed by atoms with Crippen molar-refractivity contribution in [3.63, 3.8) is 0 Å². The van der Waals surface area contributed by atoms with Gasteiger partial charge in [-0.3, -0.25) is 4.79 Å². The zero-order valence-corrected chi connectivity index (χ0v) is 15.8. The van der Waals surface area contributed by atoms with Crippen molar-refractivity contribution in [2.75, 3.05) is 0 Å². The van der Waals surface area contributed by atoms with E-state index in [9.17, 15) is 9.59 Å². The number of benzene rings is 2. The van der Waals surface area contributed by atoms with E-state index < -0.39 is 5.63 Å². The molecule has 0 aliphatic heterocycles. The predicted molar refractivity (Wildman–Crippen MR) is 106 cm³/mol. The van der Waals surface area contributed by atoms with Gasteiger partial charge in [0.2, 0.25) is 0 Å². The van der Waals surface area contributed by atoms with E-state index in [1.165, 1.54) is 6.07 Å². The standard InChI is InChI=1S/C23H20O5/c1-3-15-5-7-19-17(11-23(25)28-21(19)9-15)13-27-22(24)10-16-12-26-20-8-14(2)4-6-18(16)20/h4-9,11-12H,3,10,13H2,1-2H3. The maximum atomic E-state index is 12.4. The molecule has 0 N–H and O–H groups in total. The Morgan fingerprint density at radius 3 is 2.61 bits per heavy atom. The second kappa shape index (κ2) is 7.35. The molecule has 0 amide bonds. The van der Waals surface area contributed by atoms with E-state index in [1.807, 2.05) is 50.2 Å². The van der Waals surface area contributed by atoms with Crippen LogP contribution in [-0.4, -0.2) is 5.97 Å². The van der Waals surface area contributed by atoms with Crippen LogP contribution in [0.3, 0.4) is 0 Å². The lowest BCUT2D eigenvalue weighted by atomic mass is 10.1. The molecule has 5 heteroatoms. The Labute approximate surface area is 161 Å². The van der Waals surface area contributed by atoms with Gasteiger partial charge in [-0.05, 0) is 36.6 Å². The van der Waals surface area contributed by atoms with E-state index in [4.69, 9.17) is 13.6 Å². The van der Waals surface area contributed by atoms with E-state index >= 15 is 0 Å². The molecule has 2 aromatic carbocycles. The molecule has 5 nitrogen and oxygen atoms in total. The molecule has 0 saturated carbocycles. The largest absolute Gasteiger partial charge is 0.464 e. The van der Waals surface area contributed by atoms with E-state index in [0.717, 1.165) is 39.5 Å². The van der Waals surface area contributed by atoms with Crippen molar-refractivity contribution >= 4 is 27.9 Å². The molecule has 0 fully saturated rings. The van der Waals surface area contributed by atoms with Crippen LogP contribution in [0.15, 0.2) is 62.4 Å². The van der Waals surface area contributed by atoms with Gasteiger partial charge in [0.1, 0.15) is 17.8 Å². The molecular weight excluding hydrogens is 356 g/mol. The molecule has 0 saturated heterocycles. The van der Waals surface area contributed by atoms with Crippen LogP contribution in [0.1, 0.15) is 29.2 Å². The molecule has 0 aliphatic rings. The van der Waals surface area contributed by atoms with Crippen LogP contribution in [0.25, 0.3) is 21.9 Å². The summed E-state index contributed by atoms with van der Waals surface area (Å²) in [5.74, 6) is -0.380. The van der Waals surface area contributed by atoms with Gasteiger partial charge in [-0.1, -0.05) is 31.2 Å². The summed E-state index contributed by atoms with van der Waals surface area (Å²) in [6.07, 6.45) is 2.54. The van der Waals surface area contributed by atoms with E-state index in [2.05, 4.69) is 0 Å². The zero-order chi connectivity index (χ0) is 19.7. The fourth-order valence-corrected chi connectivity index (χ4v) is 3.31. The minimum absolute atomic E-state index is 0.0152. The number of ether oxygens (including phenoxy) is 1. The third-order valence-electron chi connectivity index (χ3n) is 4.84. The molecule has 0 bridgehead atoms. The predicted octanol–water partition coefficient (Wildman–Crippen LogP) is 4.70. The molecular formula is C23H20O5. The summed E-state index contributed by atoms with van der Waals surface area (Å²) in [6, 6.07) is 13.0. The van der Waals surface area contributed by atoms with Crippen molar-refractivity contribution in [1.29, 1.82) is 0 Å². The second-order valence-electron chi connectivity index (χ2n) is 6.87. The Kier molecular flexibility index (Phi) is 4.74. The summed E-state index contributed by atoms with van der Waals surface area (Å²) in [5, 5.41) is 1.68. The fourth-order valence-electron chi connectivity index (χ4n) is 3.31. The highest BCUT2D eigenvalue weighted by molar-refractivity contribution is 5.86. The summed E-state index contributed by atoms with van der Waals surface area (Å²) in [6.45, 7) is 4.03. The Morgan fingerprint density at radius 1 is 1.00 bits per heavy atom. The lowest BCUT2D eigenvalue weighted by Gasteiger charge is -2.08. The summed E-state index contributed by atoms with van der Waals surface area (Å²) in [7, 11) is 0. The van der Waals surface area contributed by atoms with E-state index in [0.29, 0.717) is 11.1 Å². The number of rotatable bonds is 5. The highest BCUT2D eigenvalue weighted by Crippen LogP contribution is 2.24. The zero-order valence-electron chi connectivity index (χ0n) is 15.8. The molecule has 2 heterocycles. The van der Waals surface area contributed by atoms with Crippen LogP contribution < -0.4 is 5.63 Å². The van der Waals surface area contributed by atoms with Gasteiger partial charge in [0.25, 0.3) is 0 Å². The van der Waals surface area contributed by atoms with Gasteiger partial charge >= 0.3 is 11.6 Å². The highest BCUT2D eigenvalue weighted by atomic mass is 16.5. The van der Waals surface area contributed by atoms with Crippen molar-refractivity contribution < 1.29 is 18.4 Å². The number of hydrogen-bond donors (Lipinski definition) is 0. The maximum absolute atomic E-state index is 12.4. The van der Waals surface area contributed by atoms with Crippen LogP contribution in [-0.2, 0) is 29.0 Å². The molecule has 0 unspecified atom stereocenters. The monoisotopic (exact) mass is 376 g/mol. The molecule has 0 aliphatic carbocycles. The first-order chi connectivity index (χ1) is 13.5. The third-order valence-corrected chi connectivity index (χ3v) is 4.84. The topological polar surface area (TPSA) is 69.7 Å². The van der Waals surface area contributed by atoms with Crippen molar-refractivity contribution in [3.05, 3.63) is 81.4 Å². The number of furan rings is 1. The third kappa shape index (κ3) is 3.56. The fraction of sp³-hybridized carbons (Fsp3) is 0.217. The Balaban J connectivity index is 1.52. The molecule has 2 aromatic heterocycles. The van der Waals surface area contributed by atoms with Crippen LogP contribution in [0.4, 0.5) is 0 Å². The summed E-state index contributed by atoms with van der Waals surface area (Å²) in [4.78, 5) is 24.2. The quantitative estimate of drug-likeness (QED) is 0.373. The van der Waals surface area contributed by atoms with Crippen molar-refractivity contribution in [2.24, 2.45) is 0 Å². The summed E-state index contributed by atoms with van der Waals surface area (Å²) in [5.41, 5.74) is 4.39. The highest BCUT2D eigenvalue weighted by Gasteiger charge is 2.13.